The zero-order chi connectivity index (χ0) is 14.9. The van der Waals surface area contributed by atoms with Crippen molar-refractivity contribution in [3.63, 3.8) is 0 Å². The van der Waals surface area contributed by atoms with Crippen molar-refractivity contribution in [2.45, 2.75) is 12.2 Å². The van der Waals surface area contributed by atoms with Gasteiger partial charge >= 0.3 is 6.18 Å². The van der Waals surface area contributed by atoms with E-state index < -0.39 is 17.8 Å². The van der Waals surface area contributed by atoms with E-state index in [1.54, 1.807) is 18.2 Å². The summed E-state index contributed by atoms with van der Waals surface area (Å²) in [5.41, 5.74) is 6.51. The molecule has 106 valence electrons. The maximum Gasteiger partial charge on any atom is 0.416 e. The Hall–Kier alpha value is -0.850. The van der Waals surface area contributed by atoms with E-state index in [0.717, 1.165) is 26.6 Å². The number of nitrogens with two attached hydrogens (primary N) is 1. The molecule has 20 heavy (non-hydrogen) atoms. The molecule has 0 heterocycles. The Morgan fingerprint density at radius 1 is 0.900 bits per heavy atom. The summed E-state index contributed by atoms with van der Waals surface area (Å²) in [6.45, 7) is 0. The zero-order valence-electron chi connectivity index (χ0n) is 10.1. The molecule has 0 bridgehead atoms. The Bertz CT molecular complexity index is 606. The monoisotopic (exact) mass is 407 g/mol. The van der Waals surface area contributed by atoms with Crippen molar-refractivity contribution < 1.29 is 13.2 Å². The molecule has 6 heteroatoms. The average Bonchev–Trinajstić information content (AvgIpc) is 2.36. The molecule has 0 aliphatic carbocycles. The first-order chi connectivity index (χ1) is 9.27. The van der Waals surface area contributed by atoms with Gasteiger partial charge in [-0.1, -0.05) is 44.0 Å². The topological polar surface area (TPSA) is 26.0 Å². The van der Waals surface area contributed by atoms with Gasteiger partial charge in [0.15, 0.2) is 0 Å². The molecular weight excluding hydrogens is 399 g/mol. The second-order valence-corrected chi connectivity index (χ2v) is 6.14. The Morgan fingerprint density at radius 3 is 2.05 bits per heavy atom. The van der Waals surface area contributed by atoms with E-state index in [0.29, 0.717) is 5.56 Å². The molecule has 2 rings (SSSR count). The molecule has 0 aromatic heterocycles. The normalized spacial score (nSPS) is 13.3. The Kier molecular flexibility index (Phi) is 4.56. The van der Waals surface area contributed by atoms with Crippen LogP contribution in [0.25, 0.3) is 0 Å². The number of hydrogen-bond acceptors (Lipinski definition) is 1. The van der Waals surface area contributed by atoms with Crippen molar-refractivity contribution in [1.82, 2.24) is 0 Å². The molecule has 0 fully saturated rings. The molecule has 2 aromatic carbocycles. The van der Waals surface area contributed by atoms with Crippen molar-refractivity contribution >= 4 is 31.9 Å². The van der Waals surface area contributed by atoms with E-state index in [4.69, 9.17) is 5.73 Å². The molecule has 0 saturated carbocycles. The van der Waals surface area contributed by atoms with Crippen molar-refractivity contribution in [1.29, 1.82) is 0 Å². The fourth-order valence-corrected chi connectivity index (χ4v) is 3.18. The van der Waals surface area contributed by atoms with Crippen LogP contribution in [0.3, 0.4) is 0 Å². The van der Waals surface area contributed by atoms with Gasteiger partial charge in [0.1, 0.15) is 0 Å². The van der Waals surface area contributed by atoms with E-state index >= 15 is 0 Å². The summed E-state index contributed by atoms with van der Waals surface area (Å²) >= 11 is 6.67. The van der Waals surface area contributed by atoms with Gasteiger partial charge in [0, 0.05) is 8.95 Å². The molecule has 0 aliphatic rings. The highest BCUT2D eigenvalue weighted by Crippen LogP contribution is 2.32. The van der Waals surface area contributed by atoms with Gasteiger partial charge in [-0.15, -0.1) is 0 Å². The summed E-state index contributed by atoms with van der Waals surface area (Å²) in [4.78, 5) is 0. The number of hydrogen-bond donors (Lipinski definition) is 1. The highest BCUT2D eigenvalue weighted by molar-refractivity contribution is 9.11. The van der Waals surface area contributed by atoms with Crippen LogP contribution in [0.1, 0.15) is 22.7 Å². The van der Waals surface area contributed by atoms with Crippen LogP contribution in [0.15, 0.2) is 51.4 Å². The first-order valence-electron chi connectivity index (χ1n) is 5.66. The van der Waals surface area contributed by atoms with E-state index in [1.807, 2.05) is 6.07 Å². The number of halogens is 5. The van der Waals surface area contributed by atoms with Crippen LogP contribution in [0.2, 0.25) is 0 Å². The van der Waals surface area contributed by atoms with Crippen LogP contribution in [-0.4, -0.2) is 0 Å². The van der Waals surface area contributed by atoms with Gasteiger partial charge in [0.2, 0.25) is 0 Å². The largest absolute Gasteiger partial charge is 0.416 e. The predicted molar refractivity (Wildman–Crippen MR) is 79.3 cm³/mol. The molecule has 0 amide bonds. The smallest absolute Gasteiger partial charge is 0.320 e. The van der Waals surface area contributed by atoms with Gasteiger partial charge in [-0.25, -0.2) is 0 Å². The minimum Gasteiger partial charge on any atom is -0.320 e. The number of benzene rings is 2. The summed E-state index contributed by atoms with van der Waals surface area (Å²) in [5.74, 6) is 0. The van der Waals surface area contributed by atoms with Crippen LogP contribution in [0, 0.1) is 0 Å². The summed E-state index contributed by atoms with van der Waals surface area (Å²) in [7, 11) is 0. The summed E-state index contributed by atoms with van der Waals surface area (Å²) in [6, 6.07) is 9.87. The minimum atomic E-state index is -4.37. The van der Waals surface area contributed by atoms with Crippen LogP contribution < -0.4 is 5.73 Å². The van der Waals surface area contributed by atoms with Gasteiger partial charge in [-0.2, -0.15) is 13.2 Å². The molecule has 0 spiro atoms. The van der Waals surface area contributed by atoms with Crippen LogP contribution in [0.4, 0.5) is 13.2 Å². The quantitative estimate of drug-likeness (QED) is 0.718. The lowest BCUT2D eigenvalue weighted by atomic mass is 9.98. The second kappa shape index (κ2) is 5.87. The third-order valence-electron chi connectivity index (χ3n) is 2.82. The predicted octanol–water partition coefficient (Wildman–Crippen LogP) is 5.28. The molecule has 1 unspecified atom stereocenters. The summed E-state index contributed by atoms with van der Waals surface area (Å²) in [6.07, 6.45) is -4.37. The third kappa shape index (κ3) is 3.62. The van der Waals surface area contributed by atoms with Crippen molar-refractivity contribution in [2.75, 3.05) is 0 Å². The fraction of sp³-hybridized carbons (Fsp3) is 0.143. The highest BCUT2D eigenvalue weighted by atomic mass is 79.9. The van der Waals surface area contributed by atoms with Gasteiger partial charge < -0.3 is 5.73 Å². The molecule has 2 aromatic rings. The van der Waals surface area contributed by atoms with Gasteiger partial charge in [-0.3, -0.25) is 0 Å². The van der Waals surface area contributed by atoms with Gasteiger partial charge in [0.05, 0.1) is 11.6 Å². The first-order valence-corrected chi connectivity index (χ1v) is 7.25. The van der Waals surface area contributed by atoms with E-state index in [2.05, 4.69) is 31.9 Å². The third-order valence-corrected chi connectivity index (χ3v) is 3.73. The average molecular weight is 409 g/mol. The lowest BCUT2D eigenvalue weighted by Crippen LogP contribution is -2.14. The van der Waals surface area contributed by atoms with E-state index in [9.17, 15) is 13.2 Å². The number of alkyl halides is 3. The van der Waals surface area contributed by atoms with Gasteiger partial charge in [-0.05, 0) is 41.5 Å². The number of rotatable bonds is 2. The Balaban J connectivity index is 2.40. The van der Waals surface area contributed by atoms with E-state index in [1.165, 1.54) is 6.07 Å². The van der Waals surface area contributed by atoms with Gasteiger partial charge in [0.25, 0.3) is 0 Å². The lowest BCUT2D eigenvalue weighted by Gasteiger charge is -2.15. The molecule has 2 N–H and O–H groups in total. The molecule has 1 atom stereocenters. The van der Waals surface area contributed by atoms with Crippen molar-refractivity contribution in [3.05, 3.63) is 68.1 Å². The Labute approximate surface area is 131 Å². The SMILES string of the molecule is NC(c1cc(Br)cc(Br)c1)c1cccc(C(F)(F)F)c1. The molecule has 1 nitrogen and oxygen atoms in total. The maximum absolute atomic E-state index is 12.7. The fourth-order valence-electron chi connectivity index (χ4n) is 1.86. The summed E-state index contributed by atoms with van der Waals surface area (Å²) in [5, 5.41) is 0. The molecule has 0 radical (unpaired) electrons. The van der Waals surface area contributed by atoms with Crippen LogP contribution >= 0.6 is 31.9 Å². The molecular formula is C14H10Br2F3N. The summed E-state index contributed by atoms with van der Waals surface area (Å²) < 4.78 is 39.7. The standard InChI is InChI=1S/C14H10Br2F3N/c15-11-5-9(6-12(16)7-11)13(20)8-2-1-3-10(4-8)14(17,18)19/h1-7,13H,20H2. The Morgan fingerprint density at radius 2 is 1.50 bits per heavy atom. The van der Waals surface area contributed by atoms with Crippen LogP contribution in [0.5, 0.6) is 0 Å². The lowest BCUT2D eigenvalue weighted by molar-refractivity contribution is -0.137. The van der Waals surface area contributed by atoms with Crippen LogP contribution in [-0.2, 0) is 6.18 Å². The highest BCUT2D eigenvalue weighted by Gasteiger charge is 2.30. The van der Waals surface area contributed by atoms with Crippen molar-refractivity contribution in [3.8, 4) is 0 Å². The van der Waals surface area contributed by atoms with Crippen molar-refractivity contribution in [2.24, 2.45) is 5.73 Å². The second-order valence-electron chi connectivity index (χ2n) is 4.30. The van der Waals surface area contributed by atoms with E-state index in [-0.39, 0.29) is 0 Å². The molecule has 0 aliphatic heterocycles. The molecule has 0 saturated heterocycles. The maximum atomic E-state index is 12.7. The zero-order valence-corrected chi connectivity index (χ0v) is 13.3. The first kappa shape index (κ1) is 15.5. The minimum absolute atomic E-state index is 0.421.